The summed E-state index contributed by atoms with van der Waals surface area (Å²) >= 11 is 1.29. The van der Waals surface area contributed by atoms with Crippen molar-refractivity contribution < 1.29 is 9.72 Å². The van der Waals surface area contributed by atoms with Gasteiger partial charge in [0.1, 0.15) is 0 Å². The van der Waals surface area contributed by atoms with Crippen LogP contribution in [0.25, 0.3) is 0 Å². The smallest absolute Gasteiger partial charge is 0.283 e. The number of hydrogen-bond acceptors (Lipinski definition) is 4. The van der Waals surface area contributed by atoms with E-state index in [2.05, 4.69) is 5.32 Å². The fourth-order valence-electron chi connectivity index (χ4n) is 2.04. The molecule has 0 heterocycles. The maximum atomic E-state index is 12.1. The van der Waals surface area contributed by atoms with Crippen molar-refractivity contribution in [3.05, 3.63) is 69.8 Å². The zero-order chi connectivity index (χ0) is 15.9. The first-order valence-electron chi connectivity index (χ1n) is 6.76. The number of carbonyl (C=O) groups is 1. The van der Waals surface area contributed by atoms with E-state index in [4.69, 9.17) is 0 Å². The lowest BCUT2D eigenvalue weighted by atomic mass is 10.1. The second-order valence-corrected chi connectivity index (χ2v) is 5.48. The summed E-state index contributed by atoms with van der Waals surface area (Å²) in [5.74, 6) is -0.299. The largest absolute Gasteiger partial charge is 0.352 e. The fourth-order valence-corrected chi connectivity index (χ4v) is 2.59. The Morgan fingerprint density at radius 2 is 1.95 bits per heavy atom. The molecule has 0 saturated carbocycles. The third kappa shape index (κ3) is 4.08. The van der Waals surface area contributed by atoms with Gasteiger partial charge in [0.15, 0.2) is 0 Å². The van der Waals surface area contributed by atoms with E-state index in [1.807, 2.05) is 30.3 Å². The summed E-state index contributed by atoms with van der Waals surface area (Å²) in [7, 11) is 0. The van der Waals surface area contributed by atoms with E-state index >= 15 is 0 Å². The predicted octanol–water partition coefficient (Wildman–Crippen LogP) is 3.29. The SMILES string of the molecule is CSc1ccc(C(=O)NCCc2ccccc2)cc1[N+](=O)[O-]. The van der Waals surface area contributed by atoms with E-state index in [9.17, 15) is 14.9 Å². The van der Waals surface area contributed by atoms with E-state index < -0.39 is 4.92 Å². The third-order valence-electron chi connectivity index (χ3n) is 3.18. The van der Waals surface area contributed by atoms with Crippen molar-refractivity contribution in [2.45, 2.75) is 11.3 Å². The minimum Gasteiger partial charge on any atom is -0.352 e. The number of rotatable bonds is 6. The number of nitro groups is 1. The van der Waals surface area contributed by atoms with E-state index in [0.717, 1.165) is 12.0 Å². The lowest BCUT2D eigenvalue weighted by Crippen LogP contribution is -2.25. The monoisotopic (exact) mass is 316 g/mol. The molecule has 0 atom stereocenters. The predicted molar refractivity (Wildman–Crippen MR) is 87.4 cm³/mol. The normalized spacial score (nSPS) is 10.2. The fraction of sp³-hybridized carbons (Fsp3) is 0.188. The van der Waals surface area contributed by atoms with Crippen molar-refractivity contribution in [1.82, 2.24) is 5.32 Å². The van der Waals surface area contributed by atoms with Crippen molar-refractivity contribution >= 4 is 23.4 Å². The summed E-state index contributed by atoms with van der Waals surface area (Å²) in [4.78, 5) is 23.2. The minimum atomic E-state index is -0.466. The second kappa shape index (κ2) is 7.61. The van der Waals surface area contributed by atoms with Crippen LogP contribution in [0.5, 0.6) is 0 Å². The molecule has 0 saturated heterocycles. The van der Waals surface area contributed by atoms with E-state index in [0.29, 0.717) is 17.0 Å². The van der Waals surface area contributed by atoms with Crippen molar-refractivity contribution in [2.24, 2.45) is 0 Å². The van der Waals surface area contributed by atoms with Gasteiger partial charge in [-0.1, -0.05) is 30.3 Å². The summed E-state index contributed by atoms with van der Waals surface area (Å²) in [5, 5.41) is 13.8. The summed E-state index contributed by atoms with van der Waals surface area (Å²) in [6.45, 7) is 0.487. The molecule has 0 fully saturated rings. The Balaban J connectivity index is 2.00. The highest BCUT2D eigenvalue weighted by molar-refractivity contribution is 7.98. The lowest BCUT2D eigenvalue weighted by Gasteiger charge is -2.06. The highest BCUT2D eigenvalue weighted by Gasteiger charge is 2.16. The molecule has 0 radical (unpaired) electrons. The van der Waals surface area contributed by atoms with Gasteiger partial charge >= 0.3 is 0 Å². The molecule has 2 aromatic rings. The molecular formula is C16H16N2O3S. The molecule has 0 unspecified atom stereocenters. The molecule has 1 N–H and O–H groups in total. The molecule has 0 bridgehead atoms. The molecule has 0 aromatic heterocycles. The molecular weight excluding hydrogens is 300 g/mol. The highest BCUT2D eigenvalue weighted by atomic mass is 32.2. The lowest BCUT2D eigenvalue weighted by molar-refractivity contribution is -0.387. The molecule has 0 aliphatic rings. The Morgan fingerprint density at radius 3 is 2.59 bits per heavy atom. The van der Waals surface area contributed by atoms with Crippen LogP contribution in [0.1, 0.15) is 15.9 Å². The standard InChI is InChI=1S/C16H16N2O3S/c1-22-15-8-7-13(11-14(15)18(20)21)16(19)17-10-9-12-5-3-2-4-6-12/h2-8,11H,9-10H2,1H3,(H,17,19). The molecule has 2 rings (SSSR count). The second-order valence-electron chi connectivity index (χ2n) is 4.64. The molecule has 1 amide bonds. The van der Waals surface area contributed by atoms with Gasteiger partial charge in [-0.05, 0) is 30.4 Å². The van der Waals surface area contributed by atoms with E-state index in [1.54, 1.807) is 18.4 Å². The van der Waals surface area contributed by atoms with Crippen molar-refractivity contribution in [3.63, 3.8) is 0 Å². The third-order valence-corrected chi connectivity index (χ3v) is 3.96. The molecule has 114 valence electrons. The van der Waals surface area contributed by atoms with Crippen LogP contribution in [0.2, 0.25) is 0 Å². The van der Waals surface area contributed by atoms with Crippen LogP contribution in [0.15, 0.2) is 53.4 Å². The molecule has 22 heavy (non-hydrogen) atoms. The van der Waals surface area contributed by atoms with E-state index in [1.165, 1.54) is 17.8 Å². The molecule has 0 spiro atoms. The Morgan fingerprint density at radius 1 is 1.23 bits per heavy atom. The first kappa shape index (κ1) is 16.0. The van der Waals surface area contributed by atoms with Gasteiger partial charge in [-0.3, -0.25) is 14.9 Å². The number of thioether (sulfide) groups is 1. The Hall–Kier alpha value is -2.34. The Kier molecular flexibility index (Phi) is 5.55. The summed E-state index contributed by atoms with van der Waals surface area (Å²) in [6.07, 6.45) is 2.49. The number of benzene rings is 2. The number of amides is 1. The average molecular weight is 316 g/mol. The van der Waals surface area contributed by atoms with Crippen LogP contribution in [-0.4, -0.2) is 23.6 Å². The average Bonchev–Trinajstić information content (AvgIpc) is 2.55. The molecule has 6 heteroatoms. The molecule has 0 aliphatic carbocycles. The zero-order valence-corrected chi connectivity index (χ0v) is 12.9. The van der Waals surface area contributed by atoms with Crippen LogP contribution in [0.3, 0.4) is 0 Å². The van der Waals surface area contributed by atoms with Gasteiger partial charge in [-0.2, -0.15) is 0 Å². The molecule has 0 aliphatic heterocycles. The zero-order valence-electron chi connectivity index (χ0n) is 12.1. The first-order valence-corrected chi connectivity index (χ1v) is 7.99. The van der Waals surface area contributed by atoms with E-state index in [-0.39, 0.29) is 11.6 Å². The van der Waals surface area contributed by atoms with Gasteiger partial charge < -0.3 is 5.32 Å². The number of nitro benzene ring substituents is 1. The van der Waals surface area contributed by atoms with Gasteiger partial charge in [-0.15, -0.1) is 11.8 Å². The number of hydrogen-bond donors (Lipinski definition) is 1. The van der Waals surface area contributed by atoms with Crippen LogP contribution < -0.4 is 5.32 Å². The first-order chi connectivity index (χ1) is 10.6. The Labute approximate surface area is 132 Å². The number of nitrogens with one attached hydrogen (secondary N) is 1. The van der Waals surface area contributed by atoms with Gasteiger partial charge in [0.05, 0.1) is 9.82 Å². The summed E-state index contributed by atoms with van der Waals surface area (Å²) in [5.41, 5.74) is 1.40. The Bertz CT molecular complexity index is 674. The number of nitrogens with zero attached hydrogens (tertiary/aromatic N) is 1. The molecule has 5 nitrogen and oxygen atoms in total. The van der Waals surface area contributed by atoms with Crippen molar-refractivity contribution in [3.8, 4) is 0 Å². The topological polar surface area (TPSA) is 72.2 Å². The van der Waals surface area contributed by atoms with Gasteiger partial charge in [-0.25, -0.2) is 0 Å². The van der Waals surface area contributed by atoms with Gasteiger partial charge in [0, 0.05) is 18.2 Å². The number of carbonyl (C=O) groups excluding carboxylic acids is 1. The summed E-state index contributed by atoms with van der Waals surface area (Å²) in [6, 6.07) is 14.3. The highest BCUT2D eigenvalue weighted by Crippen LogP contribution is 2.28. The summed E-state index contributed by atoms with van der Waals surface area (Å²) < 4.78 is 0. The van der Waals surface area contributed by atoms with Crippen LogP contribution in [0, 0.1) is 10.1 Å². The maximum absolute atomic E-state index is 12.1. The quantitative estimate of drug-likeness (QED) is 0.504. The van der Waals surface area contributed by atoms with Gasteiger partial charge in [0.25, 0.3) is 11.6 Å². The van der Waals surface area contributed by atoms with Crippen molar-refractivity contribution in [2.75, 3.05) is 12.8 Å². The molecule has 2 aromatic carbocycles. The van der Waals surface area contributed by atoms with Gasteiger partial charge in [0.2, 0.25) is 0 Å². The van der Waals surface area contributed by atoms with Crippen molar-refractivity contribution in [1.29, 1.82) is 0 Å². The van der Waals surface area contributed by atoms with Crippen LogP contribution >= 0.6 is 11.8 Å². The van der Waals surface area contributed by atoms with Crippen LogP contribution in [0.4, 0.5) is 5.69 Å². The minimum absolute atomic E-state index is 0.0387. The van der Waals surface area contributed by atoms with Crippen LogP contribution in [-0.2, 0) is 6.42 Å². The maximum Gasteiger partial charge on any atom is 0.283 e.